The summed E-state index contributed by atoms with van der Waals surface area (Å²) in [5.74, 6) is -1.38. The molecule has 3 rings (SSSR count). The molecule has 2 N–H and O–H groups in total. The van der Waals surface area contributed by atoms with Crippen LogP contribution in [0.2, 0.25) is 5.02 Å². The molecule has 2 aromatic rings. The molecule has 28 heavy (non-hydrogen) atoms. The first-order valence-corrected chi connectivity index (χ1v) is 9.00. The first-order chi connectivity index (χ1) is 13.2. The number of carbonyl (C=O) groups excluding carboxylic acids is 1. The molecule has 1 saturated heterocycles. The molecule has 1 heterocycles. The number of anilines is 1. The normalized spacial score (nSPS) is 17.5. The number of benzene rings is 2. The summed E-state index contributed by atoms with van der Waals surface area (Å²) in [5, 5.41) is 5.73. The Labute approximate surface area is 164 Å². The molecule has 1 fully saturated rings. The van der Waals surface area contributed by atoms with Gasteiger partial charge in [0.2, 0.25) is 0 Å². The van der Waals surface area contributed by atoms with E-state index in [4.69, 9.17) is 11.6 Å². The number of hydrogen-bond acceptors (Lipinski definition) is 2. The highest BCUT2D eigenvalue weighted by Crippen LogP contribution is 2.33. The van der Waals surface area contributed by atoms with Crippen LogP contribution in [0.15, 0.2) is 42.5 Å². The number of nitrogens with one attached hydrogen (secondary N) is 2. The number of rotatable bonds is 4. The van der Waals surface area contributed by atoms with E-state index in [0.717, 1.165) is 18.2 Å². The van der Waals surface area contributed by atoms with Gasteiger partial charge in [-0.3, -0.25) is 4.90 Å². The van der Waals surface area contributed by atoms with Gasteiger partial charge in [-0.05, 0) is 36.2 Å². The summed E-state index contributed by atoms with van der Waals surface area (Å²) in [4.78, 5) is 14.2. The molecule has 0 radical (unpaired) electrons. The maximum atomic E-state index is 13.3. The summed E-state index contributed by atoms with van der Waals surface area (Å²) >= 11 is 6.16. The molecule has 4 nitrogen and oxygen atoms in total. The van der Waals surface area contributed by atoms with Crippen LogP contribution in [0.1, 0.15) is 17.5 Å². The topological polar surface area (TPSA) is 44.4 Å². The van der Waals surface area contributed by atoms with Crippen LogP contribution in [0.3, 0.4) is 0 Å². The fourth-order valence-electron chi connectivity index (χ4n) is 3.13. The number of amides is 2. The molecule has 9 heteroatoms. The smallest absolute Gasteiger partial charge is 0.334 e. The SMILES string of the molecule is O=C(Nc1ccc(F)c(C(F)(F)F)c1)NC1CCN(Cc2ccccc2Cl)C1. The van der Waals surface area contributed by atoms with Crippen LogP contribution in [0, 0.1) is 5.82 Å². The lowest BCUT2D eigenvalue weighted by Crippen LogP contribution is -2.39. The van der Waals surface area contributed by atoms with Crippen LogP contribution in [0.25, 0.3) is 0 Å². The van der Waals surface area contributed by atoms with Gasteiger partial charge >= 0.3 is 12.2 Å². The minimum Gasteiger partial charge on any atom is -0.334 e. The Morgan fingerprint density at radius 3 is 2.68 bits per heavy atom. The Morgan fingerprint density at radius 1 is 1.21 bits per heavy atom. The molecule has 1 aliphatic heterocycles. The highest BCUT2D eigenvalue weighted by Gasteiger charge is 2.34. The highest BCUT2D eigenvalue weighted by molar-refractivity contribution is 6.31. The van der Waals surface area contributed by atoms with Gasteiger partial charge in [0.05, 0.1) is 5.56 Å². The van der Waals surface area contributed by atoms with Crippen LogP contribution < -0.4 is 10.6 Å². The summed E-state index contributed by atoms with van der Waals surface area (Å²) in [7, 11) is 0. The third-order valence-corrected chi connectivity index (χ3v) is 4.86. The van der Waals surface area contributed by atoms with Crippen molar-refractivity contribution in [3.8, 4) is 0 Å². The summed E-state index contributed by atoms with van der Waals surface area (Å²) in [6.07, 6.45) is -4.13. The Hall–Kier alpha value is -2.32. The number of urea groups is 1. The van der Waals surface area contributed by atoms with Crippen LogP contribution in [0.5, 0.6) is 0 Å². The summed E-state index contributed by atoms with van der Waals surface area (Å²) < 4.78 is 51.6. The van der Waals surface area contributed by atoms with Crippen LogP contribution in [-0.4, -0.2) is 30.1 Å². The largest absolute Gasteiger partial charge is 0.419 e. The first-order valence-electron chi connectivity index (χ1n) is 8.62. The van der Waals surface area contributed by atoms with E-state index < -0.39 is 23.6 Å². The molecular formula is C19H18ClF4N3O. The van der Waals surface area contributed by atoms with Gasteiger partial charge in [-0.15, -0.1) is 0 Å². The quantitative estimate of drug-likeness (QED) is 0.698. The van der Waals surface area contributed by atoms with Gasteiger partial charge in [0.25, 0.3) is 0 Å². The van der Waals surface area contributed by atoms with Crippen LogP contribution in [0.4, 0.5) is 28.0 Å². The van der Waals surface area contributed by atoms with Crippen molar-refractivity contribution < 1.29 is 22.4 Å². The predicted octanol–water partition coefficient (Wildman–Crippen LogP) is 4.89. The van der Waals surface area contributed by atoms with Gasteiger partial charge in [-0.2, -0.15) is 13.2 Å². The van der Waals surface area contributed by atoms with Crippen molar-refractivity contribution in [1.29, 1.82) is 0 Å². The highest BCUT2D eigenvalue weighted by atomic mass is 35.5. The monoisotopic (exact) mass is 415 g/mol. The lowest BCUT2D eigenvalue weighted by atomic mass is 10.2. The fraction of sp³-hybridized carbons (Fsp3) is 0.316. The summed E-state index contributed by atoms with van der Waals surface area (Å²) in [6, 6.07) is 9.06. The van der Waals surface area contributed by atoms with Gasteiger partial charge in [-0.1, -0.05) is 29.8 Å². The third-order valence-electron chi connectivity index (χ3n) is 4.49. The van der Waals surface area contributed by atoms with E-state index in [9.17, 15) is 22.4 Å². The van der Waals surface area contributed by atoms with E-state index in [-0.39, 0.29) is 11.7 Å². The molecule has 0 aliphatic carbocycles. The second kappa shape index (κ2) is 8.36. The molecule has 1 atom stereocenters. The number of hydrogen-bond donors (Lipinski definition) is 2. The molecule has 0 aromatic heterocycles. The Morgan fingerprint density at radius 2 is 1.96 bits per heavy atom. The first kappa shape index (κ1) is 20.4. The number of carbonyl (C=O) groups is 1. The third kappa shape index (κ3) is 5.14. The minimum atomic E-state index is -4.83. The van der Waals surface area contributed by atoms with E-state index >= 15 is 0 Å². The van der Waals surface area contributed by atoms with Gasteiger partial charge in [0.1, 0.15) is 5.82 Å². The number of alkyl halides is 3. The average Bonchev–Trinajstić information content (AvgIpc) is 3.04. The van der Waals surface area contributed by atoms with Crippen molar-refractivity contribution in [3.63, 3.8) is 0 Å². The molecule has 0 saturated carbocycles. The van der Waals surface area contributed by atoms with E-state index in [0.29, 0.717) is 36.7 Å². The van der Waals surface area contributed by atoms with Crippen molar-refractivity contribution >= 4 is 23.3 Å². The number of likely N-dealkylation sites (tertiary alicyclic amines) is 1. The second-order valence-electron chi connectivity index (χ2n) is 6.60. The molecule has 1 aliphatic rings. The average molecular weight is 416 g/mol. The lowest BCUT2D eigenvalue weighted by Gasteiger charge is -2.18. The summed E-state index contributed by atoms with van der Waals surface area (Å²) in [5.41, 5.74) is -0.561. The van der Waals surface area contributed by atoms with E-state index in [1.54, 1.807) is 0 Å². The Balaban J connectivity index is 1.54. The van der Waals surface area contributed by atoms with Crippen molar-refractivity contribution in [1.82, 2.24) is 10.2 Å². The maximum absolute atomic E-state index is 13.3. The van der Waals surface area contributed by atoms with Gasteiger partial charge in [0, 0.05) is 36.4 Å². The second-order valence-corrected chi connectivity index (χ2v) is 7.01. The summed E-state index contributed by atoms with van der Waals surface area (Å²) in [6.45, 7) is 1.99. The van der Waals surface area contributed by atoms with Crippen LogP contribution in [-0.2, 0) is 12.7 Å². The molecule has 0 bridgehead atoms. The fourth-order valence-corrected chi connectivity index (χ4v) is 3.33. The number of nitrogens with zero attached hydrogens (tertiary/aromatic N) is 1. The lowest BCUT2D eigenvalue weighted by molar-refractivity contribution is -0.139. The molecule has 2 amide bonds. The van der Waals surface area contributed by atoms with Gasteiger partial charge in [-0.25, -0.2) is 9.18 Å². The molecule has 1 unspecified atom stereocenters. The zero-order valence-corrected chi connectivity index (χ0v) is 15.4. The van der Waals surface area contributed by atoms with Gasteiger partial charge < -0.3 is 10.6 Å². The number of halogens is 5. The molecule has 0 spiro atoms. The maximum Gasteiger partial charge on any atom is 0.419 e. The predicted molar refractivity (Wildman–Crippen MR) is 98.7 cm³/mol. The van der Waals surface area contributed by atoms with E-state index in [2.05, 4.69) is 15.5 Å². The zero-order valence-electron chi connectivity index (χ0n) is 14.7. The van der Waals surface area contributed by atoms with Crippen LogP contribution >= 0.6 is 11.6 Å². The molecular weight excluding hydrogens is 398 g/mol. The zero-order chi connectivity index (χ0) is 20.3. The molecule has 2 aromatic carbocycles. The van der Waals surface area contributed by atoms with Crippen molar-refractivity contribution in [2.24, 2.45) is 0 Å². The van der Waals surface area contributed by atoms with Crippen molar-refractivity contribution in [2.75, 3.05) is 18.4 Å². The van der Waals surface area contributed by atoms with E-state index in [1.807, 2.05) is 24.3 Å². The van der Waals surface area contributed by atoms with Gasteiger partial charge in [0.15, 0.2) is 0 Å². The standard InChI is InChI=1S/C19H18ClF4N3O/c20-16-4-2-1-3-12(16)10-27-8-7-14(11-27)26-18(28)25-13-5-6-17(21)15(9-13)19(22,23)24/h1-6,9,14H,7-8,10-11H2,(H2,25,26,28). The minimum absolute atomic E-state index is 0.128. The molecule has 150 valence electrons. The van der Waals surface area contributed by atoms with E-state index in [1.165, 1.54) is 0 Å². The Bertz CT molecular complexity index is 859. The van der Waals surface area contributed by atoms with Crippen molar-refractivity contribution in [3.05, 3.63) is 64.4 Å². The van der Waals surface area contributed by atoms with Crippen molar-refractivity contribution in [2.45, 2.75) is 25.2 Å². The Kier molecular flexibility index (Phi) is 6.10.